The Balaban J connectivity index is 0.000000426. The predicted octanol–water partition coefficient (Wildman–Crippen LogP) is 5.80. The zero-order valence-electron chi connectivity index (χ0n) is 22.8. The molecule has 1 atom stereocenters. The smallest absolute Gasteiger partial charge is 0.263 e. The molecule has 0 bridgehead atoms. The largest absolute Gasteiger partial charge is 0.388 e. The maximum absolute atomic E-state index is 12.6. The zero-order chi connectivity index (χ0) is 27.4. The standard InChI is InChI=1S/C23H21N5O2S.C6H14O/c1-3-4-13-9-17(28-19(11-29)26-13)16-6-5-14-15(27-16)7-8-18-20(14)21-22(31-18)23(30)25-12(2)10-24-21;1-5-6(2,3)7-4/h3-9,12,24,29H,10-11H2,1-2H3,(H,25,30);5H2,1-4H3/t12-;/m1./s1. The van der Waals surface area contributed by atoms with E-state index in [2.05, 4.69) is 41.4 Å². The molecular formula is C29H35N5O3S. The van der Waals surface area contributed by atoms with Crippen molar-refractivity contribution in [1.29, 1.82) is 0 Å². The van der Waals surface area contributed by atoms with Crippen LogP contribution < -0.4 is 10.6 Å². The van der Waals surface area contributed by atoms with Gasteiger partial charge in [0.25, 0.3) is 5.91 Å². The van der Waals surface area contributed by atoms with Crippen molar-refractivity contribution < 1.29 is 14.6 Å². The molecule has 8 nitrogen and oxygen atoms in total. The number of benzene rings is 1. The number of nitrogens with zero attached hydrogens (tertiary/aromatic N) is 3. The maximum Gasteiger partial charge on any atom is 0.263 e. The number of aliphatic hydroxyl groups excluding tert-OH is 1. The van der Waals surface area contributed by atoms with Crippen LogP contribution in [0, 0.1) is 0 Å². The number of aromatic nitrogens is 3. The molecule has 9 heteroatoms. The summed E-state index contributed by atoms with van der Waals surface area (Å²) >= 11 is 1.49. The fraction of sp³-hybridized carbons (Fsp3) is 0.379. The van der Waals surface area contributed by atoms with Gasteiger partial charge in [-0.1, -0.05) is 13.0 Å². The van der Waals surface area contributed by atoms with Crippen LogP contribution in [0.2, 0.25) is 0 Å². The SMILES string of the molecule is CC=Cc1cc(-c2ccc3c(ccc4sc5c(c43)NC[C@@H](C)NC5=O)n2)nc(CO)n1.CCC(C)(C)OC. The molecular weight excluding hydrogens is 498 g/mol. The van der Waals surface area contributed by atoms with Crippen molar-refractivity contribution in [3.63, 3.8) is 0 Å². The van der Waals surface area contributed by atoms with E-state index in [0.717, 1.165) is 38.8 Å². The Morgan fingerprint density at radius 3 is 2.63 bits per heavy atom. The zero-order valence-corrected chi connectivity index (χ0v) is 23.6. The minimum Gasteiger partial charge on any atom is -0.388 e. The Morgan fingerprint density at radius 1 is 1.18 bits per heavy atom. The van der Waals surface area contributed by atoms with Crippen LogP contribution in [0.25, 0.3) is 38.5 Å². The number of amides is 1. The number of aliphatic hydroxyl groups is 1. The van der Waals surface area contributed by atoms with E-state index in [9.17, 15) is 9.90 Å². The molecule has 0 spiro atoms. The number of methoxy groups -OCH3 is 1. The fourth-order valence-electron chi connectivity index (χ4n) is 3.99. The molecule has 0 saturated heterocycles. The molecule has 0 radical (unpaired) electrons. The number of carbonyl (C=O) groups is 1. The van der Waals surface area contributed by atoms with Gasteiger partial charge in [0, 0.05) is 35.2 Å². The highest BCUT2D eigenvalue weighted by molar-refractivity contribution is 7.21. The second-order valence-corrected chi connectivity index (χ2v) is 10.9. The van der Waals surface area contributed by atoms with Crippen LogP contribution in [0.5, 0.6) is 0 Å². The van der Waals surface area contributed by atoms with E-state index in [1.165, 1.54) is 11.3 Å². The van der Waals surface area contributed by atoms with Crippen LogP contribution in [0.3, 0.4) is 0 Å². The summed E-state index contributed by atoms with van der Waals surface area (Å²) in [5.41, 5.74) is 3.87. The van der Waals surface area contributed by atoms with Gasteiger partial charge >= 0.3 is 0 Å². The predicted molar refractivity (Wildman–Crippen MR) is 156 cm³/mol. The molecule has 1 aromatic carbocycles. The average Bonchev–Trinajstić information content (AvgIpc) is 3.24. The van der Waals surface area contributed by atoms with Crippen molar-refractivity contribution in [2.75, 3.05) is 19.0 Å². The van der Waals surface area contributed by atoms with Gasteiger partial charge < -0.3 is 20.5 Å². The number of ether oxygens (including phenoxy) is 1. The third kappa shape index (κ3) is 5.85. The molecule has 1 aliphatic rings. The number of thiophene rings is 1. The number of rotatable bonds is 5. The molecule has 0 saturated carbocycles. The van der Waals surface area contributed by atoms with Gasteiger partial charge in [0.2, 0.25) is 0 Å². The second-order valence-electron chi connectivity index (χ2n) is 9.83. The highest BCUT2D eigenvalue weighted by Gasteiger charge is 2.24. The first kappa shape index (κ1) is 27.6. The van der Waals surface area contributed by atoms with Gasteiger partial charge in [0.15, 0.2) is 5.82 Å². The third-order valence-corrected chi connectivity index (χ3v) is 7.78. The van der Waals surface area contributed by atoms with Crippen LogP contribution in [0.15, 0.2) is 36.4 Å². The van der Waals surface area contributed by atoms with Crippen LogP contribution >= 0.6 is 11.3 Å². The molecule has 5 rings (SSSR count). The van der Waals surface area contributed by atoms with Gasteiger partial charge in [-0.05, 0) is 70.5 Å². The van der Waals surface area contributed by atoms with Crippen molar-refractivity contribution in [3.05, 3.63) is 52.8 Å². The van der Waals surface area contributed by atoms with E-state index in [-0.39, 0.29) is 24.2 Å². The molecule has 0 aliphatic carbocycles. The molecule has 0 fully saturated rings. The summed E-state index contributed by atoms with van der Waals surface area (Å²) in [5.74, 6) is 0.316. The van der Waals surface area contributed by atoms with Crippen molar-refractivity contribution >= 4 is 50.0 Å². The number of allylic oxidation sites excluding steroid dienone is 1. The normalized spacial score (nSPS) is 15.6. The summed E-state index contributed by atoms with van der Waals surface area (Å²) in [7, 11) is 1.74. The minimum absolute atomic E-state index is 0.0412. The molecule has 4 heterocycles. The summed E-state index contributed by atoms with van der Waals surface area (Å²) in [6, 6.07) is 9.85. The van der Waals surface area contributed by atoms with Crippen LogP contribution in [-0.2, 0) is 11.3 Å². The summed E-state index contributed by atoms with van der Waals surface area (Å²) in [6.07, 6.45) is 4.83. The lowest BCUT2D eigenvalue weighted by atomic mass is 10.1. The van der Waals surface area contributed by atoms with Crippen molar-refractivity contribution in [2.45, 2.75) is 59.3 Å². The monoisotopic (exact) mass is 533 g/mol. The lowest BCUT2D eigenvalue weighted by Gasteiger charge is -2.19. The van der Waals surface area contributed by atoms with Gasteiger partial charge in [0.05, 0.1) is 33.9 Å². The van der Waals surface area contributed by atoms with Gasteiger partial charge in [-0.3, -0.25) is 4.79 Å². The Kier molecular flexibility index (Phi) is 8.40. The Morgan fingerprint density at radius 2 is 1.97 bits per heavy atom. The Bertz CT molecular complexity index is 1490. The highest BCUT2D eigenvalue weighted by Crippen LogP contribution is 2.41. The Hall–Kier alpha value is -3.40. The number of hydrogen-bond donors (Lipinski definition) is 3. The lowest BCUT2D eigenvalue weighted by molar-refractivity contribution is 0.0196. The minimum atomic E-state index is -0.236. The van der Waals surface area contributed by atoms with E-state index in [0.29, 0.717) is 28.6 Å². The van der Waals surface area contributed by atoms with Crippen LogP contribution in [0.4, 0.5) is 5.69 Å². The molecule has 1 amide bonds. The first-order valence-electron chi connectivity index (χ1n) is 12.8. The van der Waals surface area contributed by atoms with Crippen molar-refractivity contribution in [2.24, 2.45) is 0 Å². The molecule has 38 heavy (non-hydrogen) atoms. The third-order valence-electron chi connectivity index (χ3n) is 6.63. The topological polar surface area (TPSA) is 109 Å². The number of hydrogen-bond acceptors (Lipinski definition) is 8. The number of carbonyl (C=O) groups excluding carboxylic acids is 1. The van der Waals surface area contributed by atoms with Crippen LogP contribution in [-0.4, -0.2) is 51.3 Å². The average molecular weight is 534 g/mol. The lowest BCUT2D eigenvalue weighted by Crippen LogP contribution is -2.34. The first-order valence-corrected chi connectivity index (χ1v) is 13.6. The van der Waals surface area contributed by atoms with E-state index in [1.807, 2.05) is 56.3 Å². The molecule has 4 aromatic rings. The summed E-state index contributed by atoms with van der Waals surface area (Å²) < 4.78 is 6.13. The van der Waals surface area contributed by atoms with Gasteiger partial charge in [0.1, 0.15) is 11.5 Å². The summed E-state index contributed by atoms with van der Waals surface area (Å²) in [6.45, 7) is 10.6. The summed E-state index contributed by atoms with van der Waals surface area (Å²) in [5, 5.41) is 18.0. The molecule has 0 unspecified atom stereocenters. The quantitative estimate of drug-likeness (QED) is 0.298. The highest BCUT2D eigenvalue weighted by atomic mass is 32.1. The number of anilines is 1. The van der Waals surface area contributed by atoms with Crippen molar-refractivity contribution in [1.82, 2.24) is 20.3 Å². The second kappa shape index (κ2) is 11.6. The number of fused-ring (bicyclic) bond motifs is 5. The number of nitrogens with one attached hydrogen (secondary N) is 2. The van der Waals surface area contributed by atoms with Crippen LogP contribution in [0.1, 0.15) is 62.2 Å². The van der Waals surface area contributed by atoms with E-state index in [4.69, 9.17) is 9.72 Å². The number of pyridine rings is 1. The maximum atomic E-state index is 12.6. The molecule has 3 N–H and O–H groups in total. The molecule has 200 valence electrons. The Labute approximate surface area is 227 Å². The van der Waals surface area contributed by atoms with Gasteiger partial charge in [-0.2, -0.15) is 0 Å². The van der Waals surface area contributed by atoms with Crippen molar-refractivity contribution in [3.8, 4) is 11.4 Å². The first-order chi connectivity index (χ1) is 18.2. The van der Waals surface area contributed by atoms with E-state index >= 15 is 0 Å². The molecule has 1 aliphatic heterocycles. The van der Waals surface area contributed by atoms with E-state index in [1.54, 1.807) is 7.11 Å². The van der Waals surface area contributed by atoms with Gasteiger partial charge in [-0.25, -0.2) is 15.0 Å². The van der Waals surface area contributed by atoms with E-state index < -0.39 is 0 Å². The molecule has 3 aromatic heterocycles. The van der Waals surface area contributed by atoms with Gasteiger partial charge in [-0.15, -0.1) is 11.3 Å². The summed E-state index contributed by atoms with van der Waals surface area (Å²) in [4.78, 5) is 26.9. The fourth-order valence-corrected chi connectivity index (χ4v) is 5.09.